The molecule has 0 saturated carbocycles. The van der Waals surface area contributed by atoms with Crippen molar-refractivity contribution in [2.45, 2.75) is 61.8 Å². The van der Waals surface area contributed by atoms with Gasteiger partial charge in [0.1, 0.15) is 17.9 Å². The molecule has 10 heteroatoms. The second-order valence-corrected chi connectivity index (χ2v) is 12.2. The first-order chi connectivity index (χ1) is 20.1. The van der Waals surface area contributed by atoms with Crippen LogP contribution in [-0.2, 0) is 16.1 Å². The number of piperidine rings is 1. The first kappa shape index (κ1) is 27.5. The summed E-state index contributed by atoms with van der Waals surface area (Å²) in [5.74, 6) is 0.850. The smallest absolute Gasteiger partial charge is 0.407 e. The lowest BCUT2D eigenvalue weighted by molar-refractivity contribution is -0.0376. The summed E-state index contributed by atoms with van der Waals surface area (Å²) in [5, 5.41) is 8.77. The number of carbonyl (C=O) groups is 1. The van der Waals surface area contributed by atoms with E-state index in [1.807, 2.05) is 59.4 Å². The van der Waals surface area contributed by atoms with Crippen molar-refractivity contribution in [1.82, 2.24) is 25.1 Å². The fourth-order valence-electron chi connectivity index (χ4n) is 5.32. The molecule has 0 bridgehead atoms. The number of hydrogen-bond donors (Lipinski definition) is 1. The lowest BCUT2D eigenvalue weighted by Crippen LogP contribution is -2.45. The van der Waals surface area contributed by atoms with E-state index in [4.69, 9.17) is 24.5 Å². The number of hydrogen-bond acceptors (Lipinski definition) is 8. The fourth-order valence-corrected chi connectivity index (χ4v) is 6.21. The van der Waals surface area contributed by atoms with Crippen LogP contribution in [0.15, 0.2) is 76.8 Å². The number of benzene rings is 2. The third-order valence-corrected chi connectivity index (χ3v) is 8.89. The molecule has 1 atom stereocenters. The molecule has 2 fully saturated rings. The van der Waals surface area contributed by atoms with Gasteiger partial charge in [-0.1, -0.05) is 67.2 Å². The number of fused-ring (bicyclic) bond motifs is 1. The molecular formula is C31H36N6O3S. The molecule has 41 heavy (non-hydrogen) atoms. The Morgan fingerprint density at radius 3 is 2.59 bits per heavy atom. The maximum Gasteiger partial charge on any atom is 0.407 e. The topological polar surface area (TPSA) is 94.4 Å². The summed E-state index contributed by atoms with van der Waals surface area (Å²) < 4.78 is 13.4. The number of aromatic nitrogens is 4. The zero-order valence-corrected chi connectivity index (χ0v) is 24.2. The van der Waals surface area contributed by atoms with Crippen molar-refractivity contribution in [1.29, 1.82) is 0 Å². The van der Waals surface area contributed by atoms with Crippen molar-refractivity contribution in [2.24, 2.45) is 5.41 Å². The van der Waals surface area contributed by atoms with Gasteiger partial charge in [0.25, 0.3) is 0 Å². The Morgan fingerprint density at radius 2 is 1.85 bits per heavy atom. The second kappa shape index (κ2) is 12.5. The number of nitrogens with zero attached hydrogens (tertiary/aromatic N) is 5. The van der Waals surface area contributed by atoms with E-state index in [2.05, 4.69) is 29.3 Å². The van der Waals surface area contributed by atoms with Gasteiger partial charge in [-0.15, -0.1) is 0 Å². The van der Waals surface area contributed by atoms with E-state index < -0.39 is 0 Å². The number of carbonyl (C=O) groups excluding carboxylic acids is 1. The van der Waals surface area contributed by atoms with Gasteiger partial charge < -0.3 is 19.7 Å². The predicted octanol–water partition coefficient (Wildman–Crippen LogP) is 6.21. The van der Waals surface area contributed by atoms with E-state index in [1.165, 1.54) is 0 Å². The van der Waals surface area contributed by atoms with Crippen LogP contribution in [0.5, 0.6) is 0 Å². The maximum absolute atomic E-state index is 12.3. The van der Waals surface area contributed by atoms with Crippen molar-refractivity contribution in [3.8, 4) is 0 Å². The van der Waals surface area contributed by atoms with Crippen LogP contribution in [0, 0.1) is 5.41 Å². The maximum atomic E-state index is 12.3. The van der Waals surface area contributed by atoms with Crippen LogP contribution in [-0.4, -0.2) is 52.1 Å². The first-order valence-corrected chi connectivity index (χ1v) is 15.2. The molecule has 1 unspecified atom stereocenters. The Kier molecular flexibility index (Phi) is 8.38. The third-order valence-electron chi connectivity index (χ3n) is 7.91. The van der Waals surface area contributed by atoms with E-state index >= 15 is 0 Å². The molecule has 0 radical (unpaired) electrons. The number of rotatable bonds is 8. The summed E-state index contributed by atoms with van der Waals surface area (Å²) in [7, 11) is 0. The molecule has 4 aromatic rings. The zero-order valence-electron chi connectivity index (χ0n) is 23.4. The molecule has 0 spiro atoms. The van der Waals surface area contributed by atoms with Crippen molar-refractivity contribution >= 4 is 34.8 Å². The van der Waals surface area contributed by atoms with E-state index in [0.29, 0.717) is 6.54 Å². The number of nitrogens with one attached hydrogen (secondary N) is 1. The van der Waals surface area contributed by atoms with Crippen molar-refractivity contribution in [3.05, 3.63) is 72.4 Å². The van der Waals surface area contributed by atoms with Gasteiger partial charge in [-0.25, -0.2) is 19.4 Å². The summed E-state index contributed by atoms with van der Waals surface area (Å²) in [6.45, 7) is 5.46. The summed E-state index contributed by atoms with van der Waals surface area (Å²) >= 11 is 1.60. The summed E-state index contributed by atoms with van der Waals surface area (Å²) in [6, 6.07) is 20.0. The van der Waals surface area contributed by atoms with Crippen molar-refractivity contribution in [2.75, 3.05) is 31.1 Å². The van der Waals surface area contributed by atoms with Crippen LogP contribution in [0.25, 0.3) is 11.2 Å². The van der Waals surface area contributed by atoms with E-state index in [9.17, 15) is 4.79 Å². The molecule has 1 amide bonds. The summed E-state index contributed by atoms with van der Waals surface area (Å²) in [5.41, 5.74) is 2.53. The molecular weight excluding hydrogens is 536 g/mol. The fraction of sp³-hybridized carbons (Fsp3) is 0.419. The first-order valence-electron chi connectivity index (χ1n) is 14.4. The van der Waals surface area contributed by atoms with Crippen LogP contribution < -0.4 is 10.2 Å². The minimum absolute atomic E-state index is 0.0169. The molecule has 0 aliphatic carbocycles. The molecule has 4 heterocycles. The minimum atomic E-state index is -0.379. The highest BCUT2D eigenvalue weighted by Crippen LogP contribution is 2.36. The number of alkyl carbamates (subject to hydrolysis) is 1. The van der Waals surface area contributed by atoms with Crippen LogP contribution in [0.2, 0.25) is 0 Å². The Balaban J connectivity index is 1.12. The second-order valence-electron chi connectivity index (χ2n) is 11.1. The highest BCUT2D eigenvalue weighted by atomic mass is 32.2. The van der Waals surface area contributed by atoms with Gasteiger partial charge in [-0.05, 0) is 55.2 Å². The molecule has 214 valence electrons. The highest BCUT2D eigenvalue weighted by molar-refractivity contribution is 7.99. The van der Waals surface area contributed by atoms with Gasteiger partial charge in [-0.3, -0.25) is 0 Å². The third kappa shape index (κ3) is 6.65. The van der Waals surface area contributed by atoms with E-state index in [1.54, 1.807) is 11.8 Å². The number of anilines is 1. The summed E-state index contributed by atoms with van der Waals surface area (Å²) in [4.78, 5) is 25.7. The van der Waals surface area contributed by atoms with Crippen molar-refractivity contribution < 1.29 is 14.3 Å². The Morgan fingerprint density at radius 1 is 1.10 bits per heavy atom. The Bertz CT molecular complexity index is 1450. The van der Waals surface area contributed by atoms with Gasteiger partial charge in [0, 0.05) is 31.1 Å². The molecule has 2 aliphatic rings. The SMILES string of the molecule is CC1(CNC(=O)OCc2ccccc2)CCN(c2cnc3c(Sc4ccccc4)nn(C4CCCCO4)c3n2)CC1. The normalized spacial score (nSPS) is 18.8. The lowest BCUT2D eigenvalue weighted by atomic mass is 9.80. The largest absolute Gasteiger partial charge is 0.445 e. The quantitative estimate of drug-likeness (QED) is 0.266. The predicted molar refractivity (Wildman–Crippen MR) is 159 cm³/mol. The van der Waals surface area contributed by atoms with Gasteiger partial charge in [0.15, 0.2) is 16.9 Å². The van der Waals surface area contributed by atoms with Crippen LogP contribution >= 0.6 is 11.8 Å². The Hall–Kier alpha value is -3.63. The molecule has 1 N–H and O–H groups in total. The molecule has 2 aromatic heterocycles. The molecule has 6 rings (SSSR count). The standard InChI is InChI=1S/C31H36N6O3S/c1-31(22-33-30(38)40-21-23-10-4-2-5-11-23)15-17-36(18-16-31)25-20-32-27-28(34-25)37(26-14-8-9-19-39-26)35-29(27)41-24-12-6-3-7-13-24/h2-7,10-13,20,26H,8-9,14-19,21-22H2,1H3,(H,33,38). The van der Waals surface area contributed by atoms with Gasteiger partial charge >= 0.3 is 6.09 Å². The summed E-state index contributed by atoms with van der Waals surface area (Å²) in [6.07, 6.45) is 6.31. The monoisotopic (exact) mass is 572 g/mol. The number of amides is 1. The molecule has 2 aliphatic heterocycles. The van der Waals surface area contributed by atoms with Crippen LogP contribution in [0.1, 0.15) is 50.8 Å². The van der Waals surface area contributed by atoms with Gasteiger partial charge in [-0.2, -0.15) is 5.10 Å². The van der Waals surface area contributed by atoms with Crippen molar-refractivity contribution in [3.63, 3.8) is 0 Å². The van der Waals surface area contributed by atoms with E-state index in [-0.39, 0.29) is 24.3 Å². The molecule has 9 nitrogen and oxygen atoms in total. The molecule has 2 saturated heterocycles. The average molecular weight is 573 g/mol. The van der Waals surface area contributed by atoms with E-state index in [0.717, 1.165) is 84.3 Å². The Labute approximate surface area is 244 Å². The number of ether oxygens (including phenoxy) is 2. The minimum Gasteiger partial charge on any atom is -0.445 e. The zero-order chi connectivity index (χ0) is 28.1. The lowest BCUT2D eigenvalue weighted by Gasteiger charge is -2.39. The van der Waals surface area contributed by atoms with Crippen LogP contribution in [0.3, 0.4) is 0 Å². The van der Waals surface area contributed by atoms with Crippen LogP contribution in [0.4, 0.5) is 10.6 Å². The van der Waals surface area contributed by atoms with Gasteiger partial charge in [0.05, 0.1) is 6.20 Å². The van der Waals surface area contributed by atoms with Gasteiger partial charge in [0.2, 0.25) is 0 Å². The highest BCUT2D eigenvalue weighted by Gasteiger charge is 2.32. The molecule has 2 aromatic carbocycles. The average Bonchev–Trinajstić information content (AvgIpc) is 3.38.